The van der Waals surface area contributed by atoms with Gasteiger partial charge >= 0.3 is 0 Å². The molecule has 18 heavy (non-hydrogen) atoms. The summed E-state index contributed by atoms with van der Waals surface area (Å²) < 4.78 is 0. The van der Waals surface area contributed by atoms with Crippen molar-refractivity contribution in [3.8, 4) is 6.07 Å². The van der Waals surface area contributed by atoms with E-state index in [-0.39, 0.29) is 0 Å². The molecule has 0 fully saturated rings. The Balaban J connectivity index is 2.12. The summed E-state index contributed by atoms with van der Waals surface area (Å²) in [5, 5.41) is 13.0. The summed E-state index contributed by atoms with van der Waals surface area (Å²) in [7, 11) is 0. The molecule has 0 bridgehead atoms. The first-order valence-electron chi connectivity index (χ1n) is 5.37. The fourth-order valence-corrected chi connectivity index (χ4v) is 1.96. The number of hydrogen-bond donors (Lipinski definition) is 1. The Bertz CT molecular complexity index is 603. The summed E-state index contributed by atoms with van der Waals surface area (Å²) in [6, 6.07) is 15.0. The minimum absolute atomic E-state index is 0.510. The molecular formula is C14H10Cl2N2. The number of benzene rings is 2. The second-order valence-electron chi connectivity index (χ2n) is 3.77. The molecule has 0 aliphatic carbocycles. The van der Waals surface area contributed by atoms with Crippen molar-refractivity contribution in [3.63, 3.8) is 0 Å². The quantitative estimate of drug-likeness (QED) is 0.898. The Morgan fingerprint density at radius 3 is 2.67 bits per heavy atom. The molecule has 0 spiro atoms. The number of nitriles is 1. The van der Waals surface area contributed by atoms with Crippen molar-refractivity contribution in [3.05, 3.63) is 63.6 Å². The number of halogens is 2. The van der Waals surface area contributed by atoms with Crippen molar-refractivity contribution >= 4 is 28.9 Å². The molecule has 1 N–H and O–H groups in total. The highest BCUT2D eigenvalue weighted by molar-refractivity contribution is 6.43. The van der Waals surface area contributed by atoms with Crippen LogP contribution in [0, 0.1) is 11.3 Å². The van der Waals surface area contributed by atoms with E-state index in [4.69, 9.17) is 28.5 Å². The lowest BCUT2D eigenvalue weighted by Gasteiger charge is -2.09. The molecule has 0 atom stereocenters. The van der Waals surface area contributed by atoms with Gasteiger partial charge < -0.3 is 5.32 Å². The maximum atomic E-state index is 8.82. The molecule has 0 aliphatic heterocycles. The summed E-state index contributed by atoms with van der Waals surface area (Å²) in [5.74, 6) is 0. The third kappa shape index (κ3) is 2.95. The predicted octanol–water partition coefficient (Wildman–Crippen LogP) is 4.48. The largest absolute Gasteiger partial charge is 0.380 e. The van der Waals surface area contributed by atoms with Crippen LogP contribution in [0.3, 0.4) is 0 Å². The normalized spacial score (nSPS) is 9.83. The van der Waals surface area contributed by atoms with Gasteiger partial charge in [0.25, 0.3) is 0 Å². The summed E-state index contributed by atoms with van der Waals surface area (Å²) >= 11 is 12.0. The summed E-state index contributed by atoms with van der Waals surface area (Å²) in [4.78, 5) is 0. The molecule has 0 aromatic heterocycles. The molecule has 0 aliphatic rings. The number of hydrogen-bond acceptors (Lipinski definition) is 2. The Morgan fingerprint density at radius 2 is 1.89 bits per heavy atom. The van der Waals surface area contributed by atoms with Crippen molar-refractivity contribution in [2.24, 2.45) is 0 Å². The van der Waals surface area contributed by atoms with Crippen molar-refractivity contribution in [1.29, 1.82) is 5.26 Å². The summed E-state index contributed by atoms with van der Waals surface area (Å²) in [5.41, 5.74) is 2.45. The van der Waals surface area contributed by atoms with Gasteiger partial charge in [-0.15, -0.1) is 0 Å². The minimum atomic E-state index is 0.510. The van der Waals surface area contributed by atoms with Gasteiger partial charge in [0.1, 0.15) is 0 Å². The van der Waals surface area contributed by atoms with Crippen LogP contribution in [0.4, 0.5) is 5.69 Å². The zero-order valence-corrected chi connectivity index (χ0v) is 11.0. The van der Waals surface area contributed by atoms with E-state index < -0.39 is 0 Å². The van der Waals surface area contributed by atoms with Crippen LogP contribution < -0.4 is 5.32 Å². The zero-order valence-electron chi connectivity index (χ0n) is 9.45. The SMILES string of the molecule is N#Cc1cccc(CNc2cccc(Cl)c2Cl)c1. The predicted molar refractivity (Wildman–Crippen MR) is 74.9 cm³/mol. The van der Waals surface area contributed by atoms with Crippen molar-refractivity contribution in [2.45, 2.75) is 6.54 Å². The van der Waals surface area contributed by atoms with Crippen molar-refractivity contribution in [1.82, 2.24) is 0 Å². The average Bonchev–Trinajstić information content (AvgIpc) is 2.41. The van der Waals surface area contributed by atoms with Crippen LogP contribution in [0.1, 0.15) is 11.1 Å². The van der Waals surface area contributed by atoms with E-state index in [0.29, 0.717) is 22.2 Å². The molecule has 0 saturated carbocycles. The van der Waals surface area contributed by atoms with Crippen LogP contribution in [0.15, 0.2) is 42.5 Å². The monoisotopic (exact) mass is 276 g/mol. The van der Waals surface area contributed by atoms with Crippen LogP contribution in [-0.4, -0.2) is 0 Å². The minimum Gasteiger partial charge on any atom is -0.380 e. The lowest BCUT2D eigenvalue weighted by molar-refractivity contribution is 1.15. The molecule has 0 saturated heterocycles. The molecule has 0 radical (unpaired) electrons. The lowest BCUT2D eigenvalue weighted by Crippen LogP contribution is -2.00. The summed E-state index contributed by atoms with van der Waals surface area (Å²) in [6.45, 7) is 0.593. The molecule has 0 heterocycles. The first-order chi connectivity index (χ1) is 8.70. The molecule has 2 nitrogen and oxygen atoms in total. The van der Waals surface area contributed by atoms with E-state index in [9.17, 15) is 0 Å². The Morgan fingerprint density at radius 1 is 1.11 bits per heavy atom. The lowest BCUT2D eigenvalue weighted by atomic mass is 10.1. The molecule has 4 heteroatoms. The summed E-state index contributed by atoms with van der Waals surface area (Å²) in [6.07, 6.45) is 0. The fraction of sp³-hybridized carbons (Fsp3) is 0.0714. The number of nitrogens with zero attached hydrogens (tertiary/aromatic N) is 1. The Hall–Kier alpha value is -1.69. The first-order valence-corrected chi connectivity index (χ1v) is 6.13. The Kier molecular flexibility index (Phi) is 4.09. The number of anilines is 1. The molecule has 90 valence electrons. The van der Waals surface area contributed by atoms with E-state index in [0.717, 1.165) is 11.3 Å². The van der Waals surface area contributed by atoms with E-state index in [1.54, 1.807) is 12.1 Å². The molecule has 2 rings (SSSR count). The van der Waals surface area contributed by atoms with Crippen LogP contribution in [0.2, 0.25) is 10.0 Å². The fourth-order valence-electron chi connectivity index (χ4n) is 1.59. The highest BCUT2D eigenvalue weighted by Crippen LogP contribution is 2.29. The maximum Gasteiger partial charge on any atom is 0.0991 e. The van der Waals surface area contributed by atoms with Crippen LogP contribution in [0.5, 0.6) is 0 Å². The third-order valence-corrected chi connectivity index (χ3v) is 3.31. The topological polar surface area (TPSA) is 35.8 Å². The van der Waals surface area contributed by atoms with Crippen LogP contribution in [0.25, 0.3) is 0 Å². The van der Waals surface area contributed by atoms with Gasteiger partial charge in [-0.3, -0.25) is 0 Å². The molecule has 0 unspecified atom stereocenters. The van der Waals surface area contributed by atoms with E-state index >= 15 is 0 Å². The second-order valence-corrected chi connectivity index (χ2v) is 4.55. The van der Waals surface area contributed by atoms with Gasteiger partial charge in [-0.25, -0.2) is 0 Å². The highest BCUT2D eigenvalue weighted by Gasteiger charge is 2.03. The van der Waals surface area contributed by atoms with Crippen LogP contribution >= 0.6 is 23.2 Å². The molecular weight excluding hydrogens is 267 g/mol. The highest BCUT2D eigenvalue weighted by atomic mass is 35.5. The third-order valence-electron chi connectivity index (χ3n) is 2.49. The molecule has 2 aromatic carbocycles. The van der Waals surface area contributed by atoms with Gasteiger partial charge in [0, 0.05) is 6.54 Å². The van der Waals surface area contributed by atoms with Crippen molar-refractivity contribution in [2.75, 3.05) is 5.32 Å². The maximum absolute atomic E-state index is 8.82. The molecule has 0 amide bonds. The van der Waals surface area contributed by atoms with Gasteiger partial charge in [0.15, 0.2) is 0 Å². The van der Waals surface area contributed by atoms with Gasteiger partial charge in [-0.1, -0.05) is 41.4 Å². The molecule has 2 aromatic rings. The van der Waals surface area contributed by atoms with Crippen LogP contribution in [-0.2, 0) is 6.54 Å². The van der Waals surface area contributed by atoms with E-state index in [1.807, 2.05) is 30.3 Å². The smallest absolute Gasteiger partial charge is 0.0991 e. The second kappa shape index (κ2) is 5.77. The van der Waals surface area contributed by atoms with E-state index in [1.165, 1.54) is 0 Å². The number of nitrogens with one attached hydrogen (secondary N) is 1. The van der Waals surface area contributed by atoms with Gasteiger partial charge in [-0.2, -0.15) is 5.26 Å². The van der Waals surface area contributed by atoms with Gasteiger partial charge in [-0.05, 0) is 29.8 Å². The zero-order chi connectivity index (χ0) is 13.0. The first kappa shape index (κ1) is 12.8. The van der Waals surface area contributed by atoms with Crippen molar-refractivity contribution < 1.29 is 0 Å². The number of rotatable bonds is 3. The van der Waals surface area contributed by atoms with E-state index in [2.05, 4.69) is 11.4 Å². The Labute approximate surface area is 116 Å². The average molecular weight is 277 g/mol. The van der Waals surface area contributed by atoms with Gasteiger partial charge in [0.2, 0.25) is 0 Å². The standard InChI is InChI=1S/C14H10Cl2N2/c15-12-5-2-6-13(14(12)16)18-9-11-4-1-3-10(7-11)8-17/h1-7,18H,9H2. The van der Waals surface area contributed by atoms with Gasteiger partial charge in [0.05, 0.1) is 27.4 Å².